The average molecular weight is 401 g/mol. The van der Waals surface area contributed by atoms with Crippen molar-refractivity contribution in [3.8, 4) is 0 Å². The number of hydrogen-bond acceptors (Lipinski definition) is 4. The third-order valence-corrected chi connectivity index (χ3v) is 6.47. The number of amides is 1. The van der Waals surface area contributed by atoms with Gasteiger partial charge in [-0.15, -0.1) is 11.3 Å². The lowest BCUT2D eigenvalue weighted by atomic mass is 10.1. The van der Waals surface area contributed by atoms with Crippen LogP contribution in [0.4, 0.5) is 0 Å². The van der Waals surface area contributed by atoms with Gasteiger partial charge in [0.05, 0.1) is 11.4 Å². The predicted octanol–water partition coefficient (Wildman–Crippen LogP) is 3.47. The lowest BCUT2D eigenvalue weighted by Gasteiger charge is -2.11. The maximum absolute atomic E-state index is 12.7. The van der Waals surface area contributed by atoms with Gasteiger partial charge in [-0.25, -0.2) is 13.1 Å². The van der Waals surface area contributed by atoms with Gasteiger partial charge in [0, 0.05) is 17.0 Å². The van der Waals surface area contributed by atoms with E-state index in [2.05, 4.69) is 10.0 Å². The normalized spacial score (nSPS) is 11.3. The van der Waals surface area contributed by atoms with Gasteiger partial charge in [-0.2, -0.15) is 0 Å². The van der Waals surface area contributed by atoms with Crippen molar-refractivity contribution in [3.05, 3.63) is 87.6 Å². The van der Waals surface area contributed by atoms with Gasteiger partial charge in [-0.05, 0) is 41.6 Å². The molecule has 0 aliphatic heterocycles. The molecule has 1 aromatic heterocycles. The highest BCUT2D eigenvalue weighted by molar-refractivity contribution is 7.89. The molecule has 3 aromatic rings. The molecule has 2 aromatic carbocycles. The molecule has 7 heteroatoms. The van der Waals surface area contributed by atoms with E-state index in [4.69, 9.17) is 0 Å². The summed E-state index contributed by atoms with van der Waals surface area (Å²) < 4.78 is 28.0. The van der Waals surface area contributed by atoms with E-state index in [1.807, 2.05) is 47.8 Å². The van der Waals surface area contributed by atoms with Crippen LogP contribution in [-0.2, 0) is 23.1 Å². The van der Waals surface area contributed by atoms with Crippen molar-refractivity contribution in [2.75, 3.05) is 0 Å². The second kappa shape index (κ2) is 8.47. The summed E-state index contributed by atoms with van der Waals surface area (Å²) in [5, 5.41) is 4.75. The molecular weight excluding hydrogens is 380 g/mol. The van der Waals surface area contributed by atoms with Crippen LogP contribution in [0.2, 0.25) is 0 Å². The molecule has 0 atom stereocenters. The molecule has 1 heterocycles. The van der Waals surface area contributed by atoms with Crippen molar-refractivity contribution in [3.63, 3.8) is 0 Å². The molecule has 0 radical (unpaired) electrons. The van der Waals surface area contributed by atoms with Crippen LogP contribution in [-0.4, -0.2) is 14.3 Å². The number of sulfonamides is 1. The summed E-state index contributed by atoms with van der Waals surface area (Å²) >= 11 is 1.55. The fraction of sp³-hybridized carbons (Fsp3) is 0.150. The Morgan fingerprint density at radius 1 is 1.00 bits per heavy atom. The van der Waals surface area contributed by atoms with Gasteiger partial charge in [0.15, 0.2) is 0 Å². The quantitative estimate of drug-likeness (QED) is 0.638. The number of nitrogens with one attached hydrogen (secondary N) is 2. The molecule has 0 spiro atoms. The Labute approximate surface area is 163 Å². The van der Waals surface area contributed by atoms with Gasteiger partial charge >= 0.3 is 0 Å². The smallest absolute Gasteiger partial charge is 0.251 e. The summed E-state index contributed by atoms with van der Waals surface area (Å²) in [6, 6.07) is 17.8. The highest BCUT2D eigenvalue weighted by Crippen LogP contribution is 2.18. The van der Waals surface area contributed by atoms with Crippen LogP contribution < -0.4 is 10.0 Å². The van der Waals surface area contributed by atoms with E-state index < -0.39 is 10.0 Å². The van der Waals surface area contributed by atoms with Gasteiger partial charge in [0.25, 0.3) is 5.91 Å². The molecule has 1 amide bonds. The van der Waals surface area contributed by atoms with Crippen LogP contribution in [0, 0.1) is 6.92 Å². The average Bonchev–Trinajstić information content (AvgIpc) is 3.19. The first-order valence-corrected chi connectivity index (χ1v) is 10.8. The van der Waals surface area contributed by atoms with Crippen LogP contribution in [0.25, 0.3) is 0 Å². The van der Waals surface area contributed by atoms with Crippen molar-refractivity contribution in [1.29, 1.82) is 0 Å². The van der Waals surface area contributed by atoms with Crippen molar-refractivity contribution in [1.82, 2.24) is 10.0 Å². The molecule has 0 aliphatic rings. The predicted molar refractivity (Wildman–Crippen MR) is 107 cm³/mol. The second-order valence-corrected chi connectivity index (χ2v) is 8.82. The zero-order valence-electron chi connectivity index (χ0n) is 14.8. The first-order valence-electron chi connectivity index (χ1n) is 8.40. The zero-order chi connectivity index (χ0) is 19.3. The second-order valence-electron chi connectivity index (χ2n) is 6.05. The molecular formula is C20H20N2O3S2. The van der Waals surface area contributed by atoms with Gasteiger partial charge in [0.1, 0.15) is 0 Å². The van der Waals surface area contributed by atoms with Crippen molar-refractivity contribution in [2.24, 2.45) is 0 Å². The molecule has 27 heavy (non-hydrogen) atoms. The monoisotopic (exact) mass is 400 g/mol. The lowest BCUT2D eigenvalue weighted by Crippen LogP contribution is -2.26. The highest BCUT2D eigenvalue weighted by atomic mass is 32.2. The van der Waals surface area contributed by atoms with E-state index >= 15 is 0 Å². The molecule has 2 N–H and O–H groups in total. The van der Waals surface area contributed by atoms with Gasteiger partial charge < -0.3 is 5.32 Å². The molecule has 0 bridgehead atoms. The van der Waals surface area contributed by atoms with Crippen LogP contribution in [0.15, 0.2) is 70.9 Å². The number of benzene rings is 2. The first-order chi connectivity index (χ1) is 13.0. The molecule has 0 aliphatic carbocycles. The molecule has 140 valence electrons. The summed E-state index contributed by atoms with van der Waals surface area (Å²) in [6.07, 6.45) is 0. The number of aryl methyl sites for hydroxylation is 1. The molecule has 0 unspecified atom stereocenters. The highest BCUT2D eigenvalue weighted by Gasteiger charge is 2.19. The Balaban J connectivity index is 1.74. The maximum atomic E-state index is 12.7. The SMILES string of the molecule is Cc1ccc(C(=O)NCc2cccs2)cc1S(=O)(=O)NCc1ccccc1. The van der Waals surface area contributed by atoms with Crippen molar-refractivity contribution >= 4 is 27.3 Å². The number of rotatable bonds is 7. The van der Waals surface area contributed by atoms with Gasteiger partial charge in [-0.3, -0.25) is 4.79 Å². The van der Waals surface area contributed by atoms with Gasteiger partial charge in [0.2, 0.25) is 10.0 Å². The first kappa shape index (κ1) is 19.3. The Hall–Kier alpha value is -2.48. The fourth-order valence-electron chi connectivity index (χ4n) is 2.57. The molecule has 3 rings (SSSR count). The fourth-order valence-corrected chi connectivity index (χ4v) is 4.50. The largest absolute Gasteiger partial charge is 0.347 e. The maximum Gasteiger partial charge on any atom is 0.251 e. The third-order valence-electron chi connectivity index (χ3n) is 4.05. The number of carbonyl (C=O) groups is 1. The summed E-state index contributed by atoms with van der Waals surface area (Å²) in [4.78, 5) is 13.5. The van der Waals surface area contributed by atoms with E-state index in [0.717, 1.165) is 10.4 Å². The Kier molecular flexibility index (Phi) is 6.05. The molecule has 0 saturated heterocycles. The van der Waals surface area contributed by atoms with E-state index in [1.54, 1.807) is 30.4 Å². The summed E-state index contributed by atoms with van der Waals surface area (Å²) in [5.74, 6) is -0.303. The van der Waals surface area contributed by atoms with E-state index in [1.165, 1.54) is 6.07 Å². The minimum Gasteiger partial charge on any atom is -0.347 e. The summed E-state index contributed by atoms with van der Waals surface area (Å²) in [6.45, 7) is 2.32. The van der Waals surface area contributed by atoms with Crippen molar-refractivity contribution in [2.45, 2.75) is 24.9 Å². The molecule has 5 nitrogen and oxygen atoms in total. The topological polar surface area (TPSA) is 75.3 Å². The van der Waals surface area contributed by atoms with Crippen LogP contribution >= 0.6 is 11.3 Å². The summed E-state index contributed by atoms with van der Waals surface area (Å²) in [7, 11) is -3.73. The van der Waals surface area contributed by atoms with E-state index in [0.29, 0.717) is 17.7 Å². The number of hydrogen-bond donors (Lipinski definition) is 2. The summed E-state index contributed by atoms with van der Waals surface area (Å²) in [5.41, 5.74) is 1.77. The number of carbonyl (C=O) groups excluding carboxylic acids is 1. The lowest BCUT2D eigenvalue weighted by molar-refractivity contribution is 0.0951. The Bertz CT molecular complexity index is 1010. The van der Waals surface area contributed by atoms with Gasteiger partial charge in [-0.1, -0.05) is 42.5 Å². The minimum absolute atomic E-state index is 0.113. The standard InChI is InChI=1S/C20H20N2O3S2/c1-15-9-10-17(20(23)21-14-18-8-5-11-26-18)12-19(15)27(24,25)22-13-16-6-3-2-4-7-16/h2-12,22H,13-14H2,1H3,(H,21,23). The van der Waals surface area contributed by atoms with E-state index in [-0.39, 0.29) is 17.3 Å². The van der Waals surface area contributed by atoms with Crippen LogP contribution in [0.1, 0.15) is 26.4 Å². The van der Waals surface area contributed by atoms with E-state index in [9.17, 15) is 13.2 Å². The van der Waals surface area contributed by atoms with Crippen LogP contribution in [0.3, 0.4) is 0 Å². The Morgan fingerprint density at radius 2 is 1.78 bits per heavy atom. The van der Waals surface area contributed by atoms with Crippen molar-refractivity contribution < 1.29 is 13.2 Å². The number of thiophene rings is 1. The van der Waals surface area contributed by atoms with Crippen LogP contribution in [0.5, 0.6) is 0 Å². The third kappa shape index (κ3) is 5.03. The minimum atomic E-state index is -3.73. The molecule has 0 saturated carbocycles. The zero-order valence-corrected chi connectivity index (χ0v) is 16.4. The Morgan fingerprint density at radius 3 is 2.48 bits per heavy atom. The molecule has 0 fully saturated rings.